The van der Waals surface area contributed by atoms with Gasteiger partial charge in [0.05, 0.1) is 0 Å². The van der Waals surface area contributed by atoms with E-state index in [4.69, 9.17) is 13.3 Å². The van der Waals surface area contributed by atoms with Crippen LogP contribution in [0.5, 0.6) is 0 Å². The molecule has 22 heavy (non-hydrogen) atoms. The number of rotatable bonds is 8. The number of fused-ring (bicyclic) bond motifs is 1. The summed E-state index contributed by atoms with van der Waals surface area (Å²) in [4.78, 5) is 0. The number of hydrogen-bond acceptors (Lipinski definition) is 3. The Bertz CT molecular complexity index is 586. The van der Waals surface area contributed by atoms with Crippen molar-refractivity contribution in [3.8, 4) is 0 Å². The molecular formula is C18H26O3Si. The summed E-state index contributed by atoms with van der Waals surface area (Å²) in [7, 11) is -2.72. The van der Waals surface area contributed by atoms with Gasteiger partial charge in [-0.1, -0.05) is 42.5 Å². The predicted molar refractivity (Wildman–Crippen MR) is 92.9 cm³/mol. The quantitative estimate of drug-likeness (QED) is 0.677. The van der Waals surface area contributed by atoms with E-state index in [-0.39, 0.29) is 6.10 Å². The van der Waals surface area contributed by atoms with Crippen molar-refractivity contribution >= 4 is 19.6 Å². The van der Waals surface area contributed by atoms with Crippen molar-refractivity contribution in [2.75, 3.05) is 13.2 Å². The van der Waals surface area contributed by atoms with Gasteiger partial charge in [-0.05, 0) is 44.0 Å². The van der Waals surface area contributed by atoms with Crippen LogP contribution in [0.1, 0.15) is 33.3 Å². The van der Waals surface area contributed by atoms with Gasteiger partial charge < -0.3 is 13.3 Å². The molecule has 0 amide bonds. The van der Waals surface area contributed by atoms with Crippen LogP contribution in [0.2, 0.25) is 0 Å². The van der Waals surface area contributed by atoms with Crippen LogP contribution < -0.4 is 0 Å². The average Bonchev–Trinajstić information content (AvgIpc) is 2.47. The highest BCUT2D eigenvalue weighted by atomic mass is 28.4. The van der Waals surface area contributed by atoms with Crippen molar-refractivity contribution in [1.29, 1.82) is 0 Å². The first kappa shape index (κ1) is 17.2. The first-order valence-electron chi connectivity index (χ1n) is 8.02. The van der Waals surface area contributed by atoms with Gasteiger partial charge in [0.15, 0.2) is 0 Å². The Kier molecular flexibility index (Phi) is 6.14. The van der Waals surface area contributed by atoms with E-state index in [0.29, 0.717) is 19.3 Å². The van der Waals surface area contributed by atoms with Gasteiger partial charge in [0.2, 0.25) is 0 Å². The summed E-state index contributed by atoms with van der Waals surface area (Å²) in [6, 6.07) is 15.5. The van der Waals surface area contributed by atoms with Gasteiger partial charge in [0, 0.05) is 25.4 Å². The molecule has 3 nitrogen and oxygen atoms in total. The predicted octanol–water partition coefficient (Wildman–Crippen LogP) is 4.36. The lowest BCUT2D eigenvalue weighted by Crippen LogP contribution is -2.50. The first-order valence-corrected chi connectivity index (χ1v) is 9.95. The highest BCUT2D eigenvalue weighted by molar-refractivity contribution is 6.60. The van der Waals surface area contributed by atoms with Crippen molar-refractivity contribution in [2.45, 2.75) is 39.8 Å². The largest absolute Gasteiger partial charge is 0.505 e. The van der Waals surface area contributed by atoms with Crippen LogP contribution >= 0.6 is 0 Å². The molecule has 2 aromatic rings. The van der Waals surface area contributed by atoms with Crippen molar-refractivity contribution in [3.63, 3.8) is 0 Å². The summed E-state index contributed by atoms with van der Waals surface area (Å²) in [5.41, 5.74) is 1.23. The molecule has 0 aliphatic carbocycles. The third-order valence-electron chi connectivity index (χ3n) is 3.43. The van der Waals surface area contributed by atoms with Crippen LogP contribution in [0.25, 0.3) is 10.8 Å². The Morgan fingerprint density at radius 3 is 2.18 bits per heavy atom. The fraction of sp³-hybridized carbons (Fsp3) is 0.444. The highest BCUT2D eigenvalue weighted by Crippen LogP contribution is 2.25. The zero-order valence-corrected chi connectivity index (χ0v) is 15.0. The minimum atomic E-state index is -2.72. The second-order valence-electron chi connectivity index (χ2n) is 5.53. The average molecular weight is 318 g/mol. The fourth-order valence-electron chi connectivity index (χ4n) is 2.73. The maximum absolute atomic E-state index is 6.17. The molecule has 0 unspecified atom stereocenters. The smallest absolute Gasteiger partial charge is 0.374 e. The molecular weight excluding hydrogens is 292 g/mol. The van der Waals surface area contributed by atoms with Crippen LogP contribution in [0, 0.1) is 0 Å². The molecule has 0 aliphatic rings. The first-order chi connectivity index (χ1) is 10.6. The Labute approximate surface area is 134 Å². The summed E-state index contributed by atoms with van der Waals surface area (Å²) in [5.74, 6) is 0. The third kappa shape index (κ3) is 4.17. The summed E-state index contributed by atoms with van der Waals surface area (Å²) in [6.45, 7) is 9.25. The molecule has 0 spiro atoms. The van der Waals surface area contributed by atoms with Gasteiger partial charge in [-0.3, -0.25) is 0 Å². The maximum atomic E-state index is 6.17. The lowest BCUT2D eigenvalue weighted by molar-refractivity contribution is 0.0434. The second-order valence-corrected chi connectivity index (χ2v) is 8.06. The molecule has 2 aromatic carbocycles. The van der Waals surface area contributed by atoms with Crippen molar-refractivity contribution in [1.82, 2.24) is 0 Å². The Morgan fingerprint density at radius 2 is 1.55 bits per heavy atom. The minimum absolute atomic E-state index is 0.0831. The second kappa shape index (κ2) is 7.88. The summed E-state index contributed by atoms with van der Waals surface area (Å²) in [5, 5.41) is 2.48. The summed E-state index contributed by atoms with van der Waals surface area (Å²) < 4.78 is 18.2. The van der Waals surface area contributed by atoms with Gasteiger partial charge >= 0.3 is 8.80 Å². The van der Waals surface area contributed by atoms with Gasteiger partial charge in [-0.2, -0.15) is 0 Å². The summed E-state index contributed by atoms with van der Waals surface area (Å²) >= 11 is 0. The lowest BCUT2D eigenvalue weighted by atomic mass is 10.1. The fourth-order valence-corrected chi connectivity index (χ4v) is 5.61. The van der Waals surface area contributed by atoms with E-state index in [2.05, 4.69) is 42.5 Å². The van der Waals surface area contributed by atoms with E-state index >= 15 is 0 Å². The van der Waals surface area contributed by atoms with E-state index in [1.165, 1.54) is 16.3 Å². The Morgan fingerprint density at radius 1 is 0.909 bits per heavy atom. The molecule has 0 fully saturated rings. The molecule has 120 valence electrons. The van der Waals surface area contributed by atoms with Crippen molar-refractivity contribution in [2.24, 2.45) is 0 Å². The topological polar surface area (TPSA) is 27.7 Å². The SMILES string of the molecule is CCO[Si](Cc1cccc2ccccc12)(OCC)OC(C)C. The van der Waals surface area contributed by atoms with E-state index in [9.17, 15) is 0 Å². The number of benzene rings is 2. The molecule has 2 rings (SSSR count). The van der Waals surface area contributed by atoms with E-state index < -0.39 is 8.80 Å². The Balaban J connectivity index is 2.39. The van der Waals surface area contributed by atoms with Gasteiger partial charge in [0.25, 0.3) is 0 Å². The number of hydrogen-bond donors (Lipinski definition) is 0. The third-order valence-corrected chi connectivity index (χ3v) is 6.53. The maximum Gasteiger partial charge on any atom is 0.505 e. The summed E-state index contributed by atoms with van der Waals surface area (Å²) in [6.07, 6.45) is 0.0831. The molecule has 0 aliphatic heterocycles. The molecule has 0 heterocycles. The molecule has 0 N–H and O–H groups in total. The minimum Gasteiger partial charge on any atom is -0.374 e. The monoisotopic (exact) mass is 318 g/mol. The zero-order chi connectivity index (χ0) is 16.0. The molecule has 0 radical (unpaired) electrons. The van der Waals surface area contributed by atoms with E-state index in [1.807, 2.05) is 27.7 Å². The highest BCUT2D eigenvalue weighted by Gasteiger charge is 2.42. The standard InChI is InChI=1S/C18H26O3Si/c1-5-19-22(20-6-2,21-15(3)4)14-17-12-9-11-16-10-7-8-13-18(16)17/h7-13,15H,5-6,14H2,1-4H3. The van der Waals surface area contributed by atoms with Crippen molar-refractivity contribution < 1.29 is 13.3 Å². The molecule has 0 aromatic heterocycles. The molecule has 0 saturated carbocycles. The Hall–Kier alpha value is -1.20. The van der Waals surface area contributed by atoms with Gasteiger partial charge in [-0.15, -0.1) is 0 Å². The van der Waals surface area contributed by atoms with Crippen molar-refractivity contribution in [3.05, 3.63) is 48.0 Å². The van der Waals surface area contributed by atoms with Crippen LogP contribution in [0.4, 0.5) is 0 Å². The molecule has 0 bridgehead atoms. The molecule has 4 heteroatoms. The van der Waals surface area contributed by atoms with Gasteiger partial charge in [0.1, 0.15) is 0 Å². The van der Waals surface area contributed by atoms with E-state index in [1.54, 1.807) is 0 Å². The zero-order valence-electron chi connectivity index (χ0n) is 14.0. The van der Waals surface area contributed by atoms with Crippen LogP contribution in [0.3, 0.4) is 0 Å². The lowest BCUT2D eigenvalue weighted by Gasteiger charge is -2.31. The van der Waals surface area contributed by atoms with E-state index in [0.717, 1.165) is 0 Å². The molecule has 0 saturated heterocycles. The molecule has 0 atom stereocenters. The van der Waals surface area contributed by atoms with Crippen LogP contribution in [0.15, 0.2) is 42.5 Å². The van der Waals surface area contributed by atoms with Gasteiger partial charge in [-0.25, -0.2) is 0 Å². The van der Waals surface area contributed by atoms with Crippen LogP contribution in [-0.4, -0.2) is 28.1 Å². The normalized spacial score (nSPS) is 12.2. The van der Waals surface area contributed by atoms with Crippen LogP contribution in [-0.2, 0) is 19.3 Å².